The van der Waals surface area contributed by atoms with Gasteiger partial charge in [-0.1, -0.05) is 13.5 Å². The van der Waals surface area contributed by atoms with Gasteiger partial charge in [0.15, 0.2) is 16.6 Å². The Bertz CT molecular complexity index is 444. The van der Waals surface area contributed by atoms with E-state index in [0.717, 1.165) is 0 Å². The van der Waals surface area contributed by atoms with Crippen LogP contribution < -0.4 is 0 Å². The molecule has 0 saturated heterocycles. The normalized spacial score (nSPS) is 16.0. The van der Waals surface area contributed by atoms with Crippen molar-refractivity contribution in [3.05, 3.63) is 12.2 Å². The molecule has 27 heavy (non-hydrogen) atoms. The molecule has 0 saturated carbocycles. The summed E-state index contributed by atoms with van der Waals surface area (Å²) in [6, 6.07) is 0. The molecule has 0 spiro atoms. The summed E-state index contributed by atoms with van der Waals surface area (Å²) >= 11 is 0. The van der Waals surface area contributed by atoms with Gasteiger partial charge in [-0.3, -0.25) is 0 Å². The molecule has 0 aliphatic heterocycles. The first kappa shape index (κ1) is 28.9. The number of rotatable bonds is 10. The molecule has 4 N–H and O–H groups in total. The number of carbonyl (C=O) groups is 1. The van der Waals surface area contributed by atoms with Crippen LogP contribution in [0.1, 0.15) is 20.3 Å². The maximum absolute atomic E-state index is 10.4. The second kappa shape index (κ2) is 11.6. The second-order valence-corrected chi connectivity index (χ2v) is 21.6. The van der Waals surface area contributed by atoms with Crippen molar-refractivity contribution in [1.82, 2.24) is 0 Å². The van der Waals surface area contributed by atoms with E-state index < -0.39 is 50.0 Å². The number of aliphatic hydroxyl groups excluding tert-OH is 3. The van der Waals surface area contributed by atoms with Crippen molar-refractivity contribution in [1.29, 1.82) is 0 Å². The maximum atomic E-state index is 10.4. The monoisotopic (exact) mass is 440 g/mol. The van der Waals surface area contributed by atoms with Crippen LogP contribution >= 0.6 is 0 Å². The highest BCUT2D eigenvalue weighted by molar-refractivity contribution is 6.88. The first-order valence-electron chi connectivity index (χ1n) is 9.16. The third kappa shape index (κ3) is 12.7. The fourth-order valence-corrected chi connectivity index (χ4v) is 15.8. The van der Waals surface area contributed by atoms with Crippen LogP contribution in [0.15, 0.2) is 12.2 Å². The zero-order valence-corrected chi connectivity index (χ0v) is 21.4. The molecule has 0 heterocycles. The van der Waals surface area contributed by atoms with Crippen LogP contribution in [-0.4, -0.2) is 70.4 Å². The van der Waals surface area contributed by atoms with E-state index in [1.54, 1.807) is 0 Å². The number of aliphatic carboxylic acids is 1. The molecule has 10 heteroatoms. The lowest BCUT2D eigenvalue weighted by atomic mass is 10.1. The Balaban J connectivity index is 0. The van der Waals surface area contributed by atoms with Crippen molar-refractivity contribution < 1.29 is 33.5 Å². The fraction of sp³-hybridized carbons (Fsp3) is 0.824. The van der Waals surface area contributed by atoms with Gasteiger partial charge < -0.3 is 28.7 Å². The Morgan fingerprint density at radius 1 is 1.00 bits per heavy atom. The minimum Gasteiger partial charge on any atom is -0.478 e. The minimum absolute atomic E-state index is 0.176. The van der Waals surface area contributed by atoms with Gasteiger partial charge >= 0.3 is 14.5 Å². The number of carboxylic acids is 1. The molecule has 3 atom stereocenters. The topological polar surface area (TPSA) is 116 Å². The van der Waals surface area contributed by atoms with Crippen molar-refractivity contribution in [3.8, 4) is 0 Å². The SMILES string of the molecule is C=C(C)C(=O)O.CCC(C(O)C(O)CO)[Si](C)(O[Si](C)(C)C)O[Si](C)(C)C. The molecule has 162 valence electrons. The summed E-state index contributed by atoms with van der Waals surface area (Å²) in [6.07, 6.45) is -1.53. The summed E-state index contributed by atoms with van der Waals surface area (Å²) in [5.41, 5.74) is -0.0897. The molecule has 0 radical (unpaired) electrons. The quantitative estimate of drug-likeness (QED) is 0.305. The Kier molecular flexibility index (Phi) is 12.4. The standard InChI is InChI=1S/C13H34O5Si3.C4H6O2/c1-9-12(13(16)11(15)10-14)21(8,17-19(2,3)4)18-20(5,6)7;1-3(2)4(5)6/h11-16H,9-10H2,1-8H3;1H2,2H3,(H,5,6). The third-order valence-electron chi connectivity index (χ3n) is 3.49. The van der Waals surface area contributed by atoms with Gasteiger partial charge in [0.1, 0.15) is 6.10 Å². The molecule has 0 bridgehead atoms. The summed E-state index contributed by atoms with van der Waals surface area (Å²) in [7, 11) is -6.41. The van der Waals surface area contributed by atoms with Gasteiger partial charge in [0, 0.05) is 11.1 Å². The summed E-state index contributed by atoms with van der Waals surface area (Å²) < 4.78 is 12.8. The zero-order valence-electron chi connectivity index (χ0n) is 18.4. The van der Waals surface area contributed by atoms with Gasteiger partial charge in [-0.05, 0) is 59.2 Å². The van der Waals surface area contributed by atoms with E-state index in [4.69, 9.17) is 18.4 Å². The number of hydrogen-bond acceptors (Lipinski definition) is 6. The van der Waals surface area contributed by atoms with Crippen LogP contribution in [-0.2, 0) is 13.0 Å². The molecule has 0 aliphatic carbocycles. The van der Waals surface area contributed by atoms with E-state index in [1.165, 1.54) is 6.92 Å². The molecule has 0 aromatic carbocycles. The Morgan fingerprint density at radius 3 is 1.52 bits per heavy atom. The summed E-state index contributed by atoms with van der Waals surface area (Å²) in [4.78, 5) is 9.60. The van der Waals surface area contributed by atoms with Gasteiger partial charge in [-0.25, -0.2) is 4.79 Å². The van der Waals surface area contributed by atoms with E-state index in [1.807, 2.05) is 13.5 Å². The molecule has 3 unspecified atom stereocenters. The molecular weight excluding hydrogens is 400 g/mol. The zero-order chi connectivity index (χ0) is 22.2. The first-order valence-corrected chi connectivity index (χ1v) is 18.4. The lowest BCUT2D eigenvalue weighted by molar-refractivity contribution is -0.132. The van der Waals surface area contributed by atoms with Crippen LogP contribution in [0.2, 0.25) is 51.4 Å². The van der Waals surface area contributed by atoms with E-state index >= 15 is 0 Å². The first-order chi connectivity index (χ1) is 11.9. The smallest absolute Gasteiger partial charge is 0.330 e. The van der Waals surface area contributed by atoms with Crippen molar-refractivity contribution in [3.63, 3.8) is 0 Å². The van der Waals surface area contributed by atoms with Crippen LogP contribution in [0.3, 0.4) is 0 Å². The Labute approximate surface area is 167 Å². The summed E-state index contributed by atoms with van der Waals surface area (Å²) in [5.74, 6) is -0.935. The van der Waals surface area contributed by atoms with Gasteiger partial charge in [0.25, 0.3) is 0 Å². The van der Waals surface area contributed by atoms with Crippen molar-refractivity contribution >= 4 is 31.2 Å². The van der Waals surface area contributed by atoms with Crippen LogP contribution in [0.25, 0.3) is 0 Å². The minimum atomic E-state index is -2.69. The van der Waals surface area contributed by atoms with Crippen LogP contribution in [0.4, 0.5) is 0 Å². The Morgan fingerprint density at radius 2 is 1.33 bits per heavy atom. The van der Waals surface area contributed by atoms with E-state index in [0.29, 0.717) is 6.42 Å². The molecular formula is C17H40O7Si3. The molecule has 0 aromatic rings. The summed E-state index contributed by atoms with van der Waals surface area (Å²) in [5, 5.41) is 37.2. The molecule has 0 fully saturated rings. The molecule has 0 aliphatic rings. The summed E-state index contributed by atoms with van der Waals surface area (Å²) in [6.45, 7) is 20.7. The third-order valence-corrected chi connectivity index (χ3v) is 13.7. The predicted molar refractivity (Wildman–Crippen MR) is 116 cm³/mol. The van der Waals surface area contributed by atoms with Crippen molar-refractivity contribution in [2.24, 2.45) is 0 Å². The van der Waals surface area contributed by atoms with E-state index in [2.05, 4.69) is 45.9 Å². The maximum Gasteiger partial charge on any atom is 0.330 e. The number of carboxylic acid groups (broad SMARTS) is 1. The highest BCUT2D eigenvalue weighted by atomic mass is 28.5. The van der Waals surface area contributed by atoms with E-state index in [-0.39, 0.29) is 11.1 Å². The Hall–Kier alpha value is -0.339. The van der Waals surface area contributed by atoms with Crippen molar-refractivity contribution in [2.75, 3.05) is 6.61 Å². The predicted octanol–water partition coefficient (Wildman–Crippen LogP) is 2.90. The highest BCUT2D eigenvalue weighted by Gasteiger charge is 2.50. The number of hydrogen-bond donors (Lipinski definition) is 4. The largest absolute Gasteiger partial charge is 0.478 e. The van der Waals surface area contributed by atoms with Gasteiger partial charge in [-0.2, -0.15) is 0 Å². The second-order valence-electron chi connectivity index (χ2n) is 8.79. The lowest BCUT2D eigenvalue weighted by Gasteiger charge is -2.44. The molecule has 0 amide bonds. The van der Waals surface area contributed by atoms with Crippen LogP contribution in [0.5, 0.6) is 0 Å². The molecule has 0 rings (SSSR count). The fourth-order valence-electron chi connectivity index (χ4n) is 2.69. The molecule has 7 nitrogen and oxygen atoms in total. The van der Waals surface area contributed by atoms with E-state index in [9.17, 15) is 15.0 Å². The molecule has 0 aromatic heterocycles. The average Bonchev–Trinajstić information content (AvgIpc) is 2.42. The number of aliphatic hydroxyl groups is 3. The highest BCUT2D eigenvalue weighted by Crippen LogP contribution is 2.36. The van der Waals surface area contributed by atoms with Crippen molar-refractivity contribution in [2.45, 2.75) is 83.8 Å². The van der Waals surface area contributed by atoms with Crippen LogP contribution in [0, 0.1) is 0 Å². The van der Waals surface area contributed by atoms with Gasteiger partial charge in [0.05, 0.1) is 12.7 Å². The van der Waals surface area contributed by atoms with Gasteiger partial charge in [-0.15, -0.1) is 0 Å². The average molecular weight is 441 g/mol. The lowest BCUT2D eigenvalue weighted by Crippen LogP contribution is -2.59. The van der Waals surface area contributed by atoms with Gasteiger partial charge in [0.2, 0.25) is 0 Å².